The number of carbonyl (C=O) groups excluding carboxylic acids is 1. The minimum atomic E-state index is -0.0604. The summed E-state index contributed by atoms with van der Waals surface area (Å²) in [7, 11) is 0. The number of nitrogens with zero attached hydrogens (tertiary/aromatic N) is 1. The van der Waals surface area contributed by atoms with Gasteiger partial charge in [0.2, 0.25) is 0 Å². The number of rotatable bonds is 5. The summed E-state index contributed by atoms with van der Waals surface area (Å²) in [6.07, 6.45) is 0.820. The molecule has 4 rings (SSSR count). The Balaban J connectivity index is 1.85. The van der Waals surface area contributed by atoms with Crippen molar-refractivity contribution in [2.45, 2.75) is 26.3 Å². The topological polar surface area (TPSA) is 42.0 Å². The first kappa shape index (κ1) is 20.5. The van der Waals surface area contributed by atoms with Crippen LogP contribution in [0.25, 0.3) is 22.2 Å². The molecular weight excluding hydrogens is 483 g/mol. The first-order valence-electron chi connectivity index (χ1n) is 10.1. The minimum Gasteiger partial charge on any atom is -0.345 e. The van der Waals surface area contributed by atoms with Crippen molar-refractivity contribution in [1.82, 2.24) is 10.3 Å². The number of hydrogen-bond donors (Lipinski definition) is 1. The molecule has 4 aromatic rings. The van der Waals surface area contributed by atoms with E-state index in [1.54, 1.807) is 0 Å². The van der Waals surface area contributed by atoms with Crippen molar-refractivity contribution < 1.29 is 4.79 Å². The quantitative estimate of drug-likeness (QED) is 0.306. The van der Waals surface area contributed by atoms with Crippen LogP contribution in [0.4, 0.5) is 0 Å². The molecule has 1 heterocycles. The van der Waals surface area contributed by atoms with Gasteiger partial charge in [-0.15, -0.1) is 0 Å². The zero-order valence-corrected chi connectivity index (χ0v) is 19.2. The van der Waals surface area contributed by atoms with Crippen molar-refractivity contribution in [3.63, 3.8) is 0 Å². The normalized spacial score (nSPS) is 12.0. The van der Waals surface area contributed by atoms with Crippen molar-refractivity contribution in [1.29, 1.82) is 0 Å². The van der Waals surface area contributed by atoms with E-state index < -0.39 is 0 Å². The fraction of sp³-hybridized carbons (Fsp3) is 0.154. The summed E-state index contributed by atoms with van der Waals surface area (Å²) >= 11 is 2.28. The van der Waals surface area contributed by atoms with Crippen molar-refractivity contribution in [2.24, 2.45) is 0 Å². The van der Waals surface area contributed by atoms with Crippen LogP contribution in [0.15, 0.2) is 78.9 Å². The third kappa shape index (κ3) is 4.10. The van der Waals surface area contributed by atoms with Crippen LogP contribution in [0, 0.1) is 10.5 Å². The van der Waals surface area contributed by atoms with Gasteiger partial charge in [0.05, 0.1) is 22.8 Å². The van der Waals surface area contributed by atoms with Gasteiger partial charge in [0.1, 0.15) is 0 Å². The van der Waals surface area contributed by atoms with Crippen LogP contribution < -0.4 is 5.32 Å². The van der Waals surface area contributed by atoms with E-state index in [1.165, 1.54) is 0 Å². The van der Waals surface area contributed by atoms with E-state index in [1.807, 2.05) is 73.7 Å². The maximum atomic E-state index is 13.6. The number of aromatic nitrogens is 1. The van der Waals surface area contributed by atoms with E-state index >= 15 is 0 Å². The Kier molecular flexibility index (Phi) is 6.13. The lowest BCUT2D eigenvalue weighted by atomic mass is 9.96. The second-order valence-electron chi connectivity index (χ2n) is 7.33. The van der Waals surface area contributed by atoms with Crippen molar-refractivity contribution in [2.75, 3.05) is 0 Å². The molecule has 30 heavy (non-hydrogen) atoms. The molecule has 1 N–H and O–H groups in total. The molecule has 150 valence electrons. The van der Waals surface area contributed by atoms with Gasteiger partial charge in [0, 0.05) is 14.5 Å². The van der Waals surface area contributed by atoms with Crippen LogP contribution in [0.3, 0.4) is 0 Å². The fourth-order valence-corrected chi connectivity index (χ4v) is 4.33. The first-order chi connectivity index (χ1) is 14.6. The van der Waals surface area contributed by atoms with Crippen LogP contribution in [-0.4, -0.2) is 10.9 Å². The second kappa shape index (κ2) is 8.96. The molecule has 1 atom stereocenters. The Hall–Kier alpha value is -2.73. The average Bonchev–Trinajstić information content (AvgIpc) is 2.78. The van der Waals surface area contributed by atoms with E-state index in [0.717, 1.165) is 43.3 Å². The maximum absolute atomic E-state index is 13.6. The average molecular weight is 506 g/mol. The number of benzene rings is 3. The zero-order chi connectivity index (χ0) is 21.1. The minimum absolute atomic E-state index is 0.0377. The lowest BCUT2D eigenvalue weighted by molar-refractivity contribution is 0.0936. The Morgan fingerprint density at radius 1 is 1.00 bits per heavy atom. The monoisotopic (exact) mass is 506 g/mol. The molecule has 0 saturated carbocycles. The highest BCUT2D eigenvalue weighted by Gasteiger charge is 2.21. The lowest BCUT2D eigenvalue weighted by Crippen LogP contribution is -2.29. The number of amides is 1. The molecule has 0 aliphatic rings. The van der Waals surface area contributed by atoms with Crippen molar-refractivity contribution in [3.05, 3.63) is 99.1 Å². The third-order valence-corrected chi connectivity index (χ3v) is 6.05. The molecule has 0 aliphatic carbocycles. The summed E-state index contributed by atoms with van der Waals surface area (Å²) in [4.78, 5) is 18.5. The van der Waals surface area contributed by atoms with E-state index in [9.17, 15) is 4.79 Å². The number of pyridine rings is 1. The summed E-state index contributed by atoms with van der Waals surface area (Å²) < 4.78 is 1.08. The van der Waals surface area contributed by atoms with Gasteiger partial charge in [0.25, 0.3) is 5.91 Å². The number of hydrogen-bond acceptors (Lipinski definition) is 2. The largest absolute Gasteiger partial charge is 0.345 e. The Morgan fingerprint density at radius 3 is 2.33 bits per heavy atom. The van der Waals surface area contributed by atoms with E-state index in [-0.39, 0.29) is 11.9 Å². The van der Waals surface area contributed by atoms with Crippen LogP contribution in [0.5, 0.6) is 0 Å². The van der Waals surface area contributed by atoms with E-state index in [0.29, 0.717) is 5.56 Å². The molecule has 0 aliphatic heterocycles. The van der Waals surface area contributed by atoms with Crippen molar-refractivity contribution >= 4 is 39.4 Å². The Morgan fingerprint density at radius 2 is 1.67 bits per heavy atom. The van der Waals surface area contributed by atoms with Gasteiger partial charge in [-0.25, -0.2) is 4.98 Å². The third-order valence-electron chi connectivity index (χ3n) is 5.38. The first-order valence-corrected chi connectivity index (χ1v) is 11.2. The summed E-state index contributed by atoms with van der Waals surface area (Å²) in [6, 6.07) is 26.2. The summed E-state index contributed by atoms with van der Waals surface area (Å²) in [5, 5.41) is 4.15. The van der Waals surface area contributed by atoms with Gasteiger partial charge in [-0.2, -0.15) is 0 Å². The molecule has 0 unspecified atom stereocenters. The van der Waals surface area contributed by atoms with Crippen LogP contribution in [-0.2, 0) is 0 Å². The molecule has 0 saturated heterocycles. The molecule has 1 amide bonds. The molecule has 0 radical (unpaired) electrons. The molecule has 1 aromatic heterocycles. The van der Waals surface area contributed by atoms with Crippen molar-refractivity contribution in [3.8, 4) is 11.3 Å². The van der Waals surface area contributed by atoms with Crippen LogP contribution in [0.2, 0.25) is 0 Å². The standard InChI is InChI=1S/C26H23IN2O/c1-3-22(18-10-6-4-7-11-18)29-26(30)24-17(2)25(19-12-8-5-9-13-19)28-23-15-14-20(27)16-21(23)24/h4-16,22H,3H2,1-2H3,(H,29,30)/t22-/m0/s1. The van der Waals surface area contributed by atoms with E-state index in [2.05, 4.69) is 47.0 Å². The second-order valence-corrected chi connectivity index (χ2v) is 8.58. The summed E-state index contributed by atoms with van der Waals surface area (Å²) in [6.45, 7) is 4.08. The predicted octanol–water partition coefficient (Wildman–Crippen LogP) is 6.70. The smallest absolute Gasteiger partial charge is 0.252 e. The van der Waals surface area contributed by atoms with E-state index in [4.69, 9.17) is 4.98 Å². The fourth-order valence-electron chi connectivity index (χ4n) is 3.84. The lowest BCUT2D eigenvalue weighted by Gasteiger charge is -2.20. The Labute approximate surface area is 190 Å². The zero-order valence-electron chi connectivity index (χ0n) is 17.0. The SMILES string of the molecule is CC[C@H](NC(=O)c1c(C)c(-c2ccccc2)nc2ccc(I)cc12)c1ccccc1. The van der Waals surface area contributed by atoms with Crippen LogP contribution >= 0.6 is 22.6 Å². The van der Waals surface area contributed by atoms with Gasteiger partial charge < -0.3 is 5.32 Å². The molecule has 3 nitrogen and oxygen atoms in total. The van der Waals surface area contributed by atoms with Crippen LogP contribution in [0.1, 0.15) is 40.9 Å². The number of carbonyl (C=O) groups is 1. The maximum Gasteiger partial charge on any atom is 0.252 e. The Bertz CT molecular complexity index is 1190. The number of fused-ring (bicyclic) bond motifs is 1. The molecule has 0 fully saturated rings. The van der Waals surface area contributed by atoms with Gasteiger partial charge in [-0.1, -0.05) is 67.6 Å². The van der Waals surface area contributed by atoms with Gasteiger partial charge in [0.15, 0.2) is 0 Å². The molecule has 0 bridgehead atoms. The van der Waals surface area contributed by atoms with Gasteiger partial charge in [-0.05, 0) is 65.3 Å². The van der Waals surface area contributed by atoms with Gasteiger partial charge >= 0.3 is 0 Å². The highest BCUT2D eigenvalue weighted by atomic mass is 127. The summed E-state index contributed by atoms with van der Waals surface area (Å²) in [5.41, 5.74) is 5.41. The predicted molar refractivity (Wildman–Crippen MR) is 132 cm³/mol. The van der Waals surface area contributed by atoms with Gasteiger partial charge in [-0.3, -0.25) is 4.79 Å². The summed E-state index contributed by atoms with van der Waals surface area (Å²) in [5.74, 6) is -0.0604. The number of nitrogens with one attached hydrogen (secondary N) is 1. The molecule has 3 aromatic carbocycles. The number of halogens is 1. The molecule has 4 heteroatoms. The highest BCUT2D eigenvalue weighted by Crippen LogP contribution is 2.31. The highest BCUT2D eigenvalue weighted by molar-refractivity contribution is 14.1. The molecular formula is C26H23IN2O. The molecule has 0 spiro atoms.